The van der Waals surface area contributed by atoms with Gasteiger partial charge in [-0.05, 0) is 50.4 Å². The number of aromatic amines is 1. The first kappa shape index (κ1) is 17.2. The lowest BCUT2D eigenvalue weighted by molar-refractivity contribution is 0.191. The molecule has 0 saturated carbocycles. The maximum Gasteiger partial charge on any atom is 0.158 e. The van der Waals surface area contributed by atoms with Crippen molar-refractivity contribution in [2.24, 2.45) is 7.05 Å². The maximum atomic E-state index is 9.34. The number of rotatable bonds is 4. The molecule has 0 spiro atoms. The molecule has 1 aliphatic heterocycles. The summed E-state index contributed by atoms with van der Waals surface area (Å²) in [5.74, 6) is 2.95. The normalized spacial score (nSPS) is 18.7. The second kappa shape index (κ2) is 6.81. The number of nitrogens with one attached hydrogen (secondary N) is 1. The molecular formula is C19H26N6O. The number of hydrogen-bond donors (Lipinski definition) is 2. The van der Waals surface area contributed by atoms with E-state index >= 15 is 0 Å². The number of H-pyrrole nitrogens is 1. The third-order valence-electron chi connectivity index (χ3n) is 5.61. The fraction of sp³-hybridized carbons (Fsp3) is 0.526. The highest BCUT2D eigenvalue weighted by molar-refractivity contribution is 5.79. The Hall–Kier alpha value is -2.25. The van der Waals surface area contributed by atoms with E-state index < -0.39 is 0 Å². The summed E-state index contributed by atoms with van der Waals surface area (Å²) in [6.07, 6.45) is 2.23. The van der Waals surface area contributed by atoms with Gasteiger partial charge in [0.25, 0.3) is 0 Å². The van der Waals surface area contributed by atoms with Crippen LogP contribution in [0, 0.1) is 13.8 Å². The molecule has 3 aromatic rings. The van der Waals surface area contributed by atoms with Gasteiger partial charge in [-0.25, -0.2) is 4.98 Å². The number of aliphatic hydroxyl groups excluding tert-OH is 1. The predicted molar refractivity (Wildman–Crippen MR) is 99.7 cm³/mol. The van der Waals surface area contributed by atoms with Crippen LogP contribution in [-0.2, 0) is 20.2 Å². The van der Waals surface area contributed by atoms with Crippen LogP contribution in [0.5, 0.6) is 0 Å². The topological polar surface area (TPSA) is 82.9 Å². The molecule has 0 unspecified atom stereocenters. The third kappa shape index (κ3) is 3.01. The Morgan fingerprint density at radius 2 is 2.12 bits per heavy atom. The van der Waals surface area contributed by atoms with E-state index in [1.165, 1.54) is 11.1 Å². The zero-order valence-electron chi connectivity index (χ0n) is 15.7. The minimum atomic E-state index is -0.0717. The van der Waals surface area contributed by atoms with Crippen LogP contribution in [0.2, 0.25) is 0 Å². The van der Waals surface area contributed by atoms with E-state index in [9.17, 15) is 5.11 Å². The van der Waals surface area contributed by atoms with E-state index in [0.29, 0.717) is 11.7 Å². The van der Waals surface area contributed by atoms with Gasteiger partial charge in [0.05, 0.1) is 17.6 Å². The lowest BCUT2D eigenvalue weighted by atomic mass is 9.97. The van der Waals surface area contributed by atoms with E-state index in [2.05, 4.69) is 46.1 Å². The van der Waals surface area contributed by atoms with Gasteiger partial charge in [-0.2, -0.15) is 0 Å². The Balaban J connectivity index is 1.51. The van der Waals surface area contributed by atoms with Crippen molar-refractivity contribution in [3.05, 3.63) is 40.7 Å². The number of fused-ring (bicyclic) bond motifs is 1. The van der Waals surface area contributed by atoms with Crippen LogP contribution in [0.4, 0.5) is 0 Å². The molecule has 138 valence electrons. The van der Waals surface area contributed by atoms with E-state index in [4.69, 9.17) is 4.98 Å². The second-order valence-corrected chi connectivity index (χ2v) is 7.35. The van der Waals surface area contributed by atoms with Crippen molar-refractivity contribution < 1.29 is 5.11 Å². The molecule has 0 radical (unpaired) electrons. The van der Waals surface area contributed by atoms with Crippen molar-refractivity contribution in [3.63, 3.8) is 0 Å². The standard InChI is InChI=1S/C19H26N6O/c1-12-6-7-15-18(13(12)2)21-16(20-15)10-25-8-4-5-14(9-25)19-23-22-17(11-26)24(19)3/h6-7,14,26H,4-5,8-11H2,1-3H3,(H,20,21)/t14-/m0/s1. The number of imidazole rings is 1. The van der Waals surface area contributed by atoms with Crippen LogP contribution in [-0.4, -0.2) is 47.8 Å². The average Bonchev–Trinajstić information content (AvgIpc) is 3.22. The van der Waals surface area contributed by atoms with Crippen LogP contribution in [0.25, 0.3) is 11.0 Å². The summed E-state index contributed by atoms with van der Waals surface area (Å²) < 4.78 is 1.93. The Bertz CT molecular complexity index is 928. The van der Waals surface area contributed by atoms with Crippen LogP contribution < -0.4 is 0 Å². The highest BCUT2D eigenvalue weighted by Crippen LogP contribution is 2.27. The lowest BCUT2D eigenvalue weighted by Gasteiger charge is -2.31. The maximum absolute atomic E-state index is 9.34. The molecule has 1 fully saturated rings. The van der Waals surface area contributed by atoms with E-state index in [-0.39, 0.29) is 6.61 Å². The molecule has 1 aliphatic rings. The monoisotopic (exact) mass is 354 g/mol. The number of aliphatic hydroxyl groups is 1. The van der Waals surface area contributed by atoms with Gasteiger partial charge < -0.3 is 14.7 Å². The second-order valence-electron chi connectivity index (χ2n) is 7.35. The zero-order chi connectivity index (χ0) is 18.3. The number of benzene rings is 1. The molecular weight excluding hydrogens is 328 g/mol. The van der Waals surface area contributed by atoms with Crippen molar-refractivity contribution in [1.82, 2.24) is 29.6 Å². The van der Waals surface area contributed by atoms with Crippen molar-refractivity contribution in [3.8, 4) is 0 Å². The summed E-state index contributed by atoms with van der Waals surface area (Å²) in [5.41, 5.74) is 4.71. The van der Waals surface area contributed by atoms with Crippen molar-refractivity contribution in [1.29, 1.82) is 0 Å². The van der Waals surface area contributed by atoms with E-state index in [1.54, 1.807) is 0 Å². The third-order valence-corrected chi connectivity index (χ3v) is 5.61. The van der Waals surface area contributed by atoms with Crippen LogP contribution in [0.15, 0.2) is 12.1 Å². The van der Waals surface area contributed by atoms with Gasteiger partial charge in [0.1, 0.15) is 18.3 Å². The van der Waals surface area contributed by atoms with Gasteiger partial charge >= 0.3 is 0 Å². The molecule has 0 aliphatic carbocycles. The smallest absolute Gasteiger partial charge is 0.158 e. The molecule has 1 atom stereocenters. The van der Waals surface area contributed by atoms with Crippen LogP contribution in [0.1, 0.15) is 47.4 Å². The minimum absolute atomic E-state index is 0.0717. The zero-order valence-corrected chi connectivity index (χ0v) is 15.7. The van der Waals surface area contributed by atoms with Crippen LogP contribution in [0.3, 0.4) is 0 Å². The number of aryl methyl sites for hydroxylation is 2. The summed E-state index contributed by atoms with van der Waals surface area (Å²) in [6, 6.07) is 4.26. The summed E-state index contributed by atoms with van der Waals surface area (Å²) in [6.45, 7) is 7.00. The highest BCUT2D eigenvalue weighted by Gasteiger charge is 2.26. The summed E-state index contributed by atoms with van der Waals surface area (Å²) in [4.78, 5) is 10.7. The Kier molecular flexibility index (Phi) is 4.50. The largest absolute Gasteiger partial charge is 0.388 e. The molecule has 0 amide bonds. The average molecular weight is 354 g/mol. The lowest BCUT2D eigenvalue weighted by Crippen LogP contribution is -2.35. The quantitative estimate of drug-likeness (QED) is 0.750. The van der Waals surface area contributed by atoms with Crippen molar-refractivity contribution >= 4 is 11.0 Å². The number of hydrogen-bond acceptors (Lipinski definition) is 5. The molecule has 1 aromatic carbocycles. The molecule has 0 bridgehead atoms. The molecule has 7 heteroatoms. The van der Waals surface area contributed by atoms with Gasteiger partial charge in [-0.3, -0.25) is 4.90 Å². The van der Waals surface area contributed by atoms with Crippen molar-refractivity contribution in [2.75, 3.05) is 13.1 Å². The van der Waals surface area contributed by atoms with Crippen molar-refractivity contribution in [2.45, 2.75) is 45.8 Å². The van der Waals surface area contributed by atoms with E-state index in [0.717, 1.165) is 55.2 Å². The molecule has 2 N–H and O–H groups in total. The first-order chi connectivity index (χ1) is 12.6. The molecule has 26 heavy (non-hydrogen) atoms. The number of nitrogens with zero attached hydrogens (tertiary/aromatic N) is 5. The first-order valence-electron chi connectivity index (χ1n) is 9.23. The molecule has 7 nitrogen and oxygen atoms in total. The fourth-order valence-corrected chi connectivity index (χ4v) is 3.93. The molecule has 2 aromatic heterocycles. The van der Waals surface area contributed by atoms with Gasteiger partial charge in [0.15, 0.2) is 5.82 Å². The predicted octanol–water partition coefficient (Wildman–Crippen LogP) is 2.18. The van der Waals surface area contributed by atoms with Gasteiger partial charge in [-0.1, -0.05) is 6.07 Å². The van der Waals surface area contributed by atoms with E-state index in [1.807, 2.05) is 11.6 Å². The Labute approximate surface area is 153 Å². The minimum Gasteiger partial charge on any atom is -0.388 e. The molecule has 4 rings (SSSR count). The Morgan fingerprint density at radius 1 is 1.27 bits per heavy atom. The van der Waals surface area contributed by atoms with Crippen LogP contribution >= 0.6 is 0 Å². The number of piperidine rings is 1. The summed E-state index contributed by atoms with van der Waals surface area (Å²) in [5, 5.41) is 17.7. The molecule has 3 heterocycles. The van der Waals surface area contributed by atoms with Gasteiger partial charge in [0, 0.05) is 19.5 Å². The van der Waals surface area contributed by atoms with Gasteiger partial charge in [0.2, 0.25) is 0 Å². The fourth-order valence-electron chi connectivity index (χ4n) is 3.93. The first-order valence-corrected chi connectivity index (χ1v) is 9.23. The SMILES string of the molecule is Cc1ccc2[nH]c(CN3CCC[C@H](c4nnc(CO)n4C)C3)nc2c1C. The van der Waals surface area contributed by atoms with Gasteiger partial charge in [-0.15, -0.1) is 10.2 Å². The highest BCUT2D eigenvalue weighted by atomic mass is 16.3. The Morgan fingerprint density at radius 3 is 2.88 bits per heavy atom. The summed E-state index contributed by atoms with van der Waals surface area (Å²) in [7, 11) is 1.93. The molecule has 1 saturated heterocycles. The number of aromatic nitrogens is 5. The summed E-state index contributed by atoms with van der Waals surface area (Å²) >= 11 is 0. The number of likely N-dealkylation sites (tertiary alicyclic amines) is 1.